The van der Waals surface area contributed by atoms with Crippen LogP contribution in [0, 0.1) is 0 Å². The summed E-state index contributed by atoms with van der Waals surface area (Å²) in [7, 11) is 3.37. The Morgan fingerprint density at radius 3 is 2.43 bits per heavy atom. The minimum absolute atomic E-state index is 0.0473. The highest BCUT2D eigenvalue weighted by molar-refractivity contribution is 5.94. The fraction of sp³-hybridized carbons (Fsp3) is 0.486. The normalized spacial score (nSPS) is 17.1. The third-order valence-electron chi connectivity index (χ3n) is 8.81. The summed E-state index contributed by atoms with van der Waals surface area (Å²) in [5.74, 6) is 1.35. The Hall–Kier alpha value is -4.54. The van der Waals surface area contributed by atoms with Gasteiger partial charge in [-0.1, -0.05) is 24.3 Å². The SMILES string of the molecule is COc1c(CNC(=O)c2cc(C3CC3)nn2C)cccc1OCc1ccc(C(=O)N2CCN(C(=O)OC(C)(C)C)C3(CC3)C2)cc1. The summed E-state index contributed by atoms with van der Waals surface area (Å²) < 4.78 is 19.1. The number of amides is 3. The monoisotopic (exact) mass is 629 g/mol. The molecule has 1 spiro atoms. The van der Waals surface area contributed by atoms with Crippen molar-refractivity contribution >= 4 is 17.9 Å². The molecule has 2 aromatic carbocycles. The summed E-state index contributed by atoms with van der Waals surface area (Å²) >= 11 is 0. The predicted octanol–water partition coefficient (Wildman–Crippen LogP) is 5.04. The van der Waals surface area contributed by atoms with Crippen molar-refractivity contribution in [3.8, 4) is 11.5 Å². The van der Waals surface area contributed by atoms with Crippen molar-refractivity contribution in [3.05, 3.63) is 76.6 Å². The summed E-state index contributed by atoms with van der Waals surface area (Å²) in [5.41, 5.74) is 2.91. The van der Waals surface area contributed by atoms with Crippen LogP contribution in [0.25, 0.3) is 0 Å². The molecule has 0 unspecified atom stereocenters. The predicted molar refractivity (Wildman–Crippen MR) is 171 cm³/mol. The number of piperazine rings is 1. The largest absolute Gasteiger partial charge is 0.493 e. The molecule has 3 aromatic rings. The molecule has 46 heavy (non-hydrogen) atoms. The molecule has 2 aliphatic carbocycles. The standard InChI is InChI=1S/C35H43N5O6/c1-34(2,3)46-33(43)40-18-17-39(22-35(40)15-16-35)32(42)25-11-9-23(10-12-25)21-45-29-8-6-7-26(30(29)44-5)20-36-31(41)28-19-27(24-13-14-24)37-38(28)4/h6-12,19,24H,13-18,20-22H2,1-5H3,(H,36,41). The lowest BCUT2D eigenvalue weighted by Crippen LogP contribution is -2.59. The molecule has 0 radical (unpaired) electrons. The maximum atomic E-state index is 13.4. The van der Waals surface area contributed by atoms with Gasteiger partial charge < -0.3 is 24.4 Å². The van der Waals surface area contributed by atoms with Gasteiger partial charge in [-0.05, 0) is 76.3 Å². The quantitative estimate of drug-likeness (QED) is 0.353. The average molecular weight is 630 g/mol. The first kappa shape index (κ1) is 31.4. The van der Waals surface area contributed by atoms with Crippen LogP contribution in [0.2, 0.25) is 0 Å². The van der Waals surface area contributed by atoms with E-state index in [0.717, 1.165) is 42.5 Å². The number of carbonyl (C=O) groups is 3. The second kappa shape index (κ2) is 12.3. The molecule has 244 valence electrons. The van der Waals surface area contributed by atoms with E-state index in [1.165, 1.54) is 0 Å². The van der Waals surface area contributed by atoms with Gasteiger partial charge in [0, 0.05) is 50.3 Å². The fourth-order valence-corrected chi connectivity index (χ4v) is 6.00. The Morgan fingerprint density at radius 1 is 1.04 bits per heavy atom. The van der Waals surface area contributed by atoms with E-state index in [1.807, 2.05) is 79.1 Å². The van der Waals surface area contributed by atoms with E-state index in [2.05, 4.69) is 10.4 Å². The second-order valence-electron chi connectivity index (χ2n) is 13.6. The number of benzene rings is 2. The molecule has 2 heterocycles. The van der Waals surface area contributed by atoms with Crippen molar-refractivity contribution < 1.29 is 28.6 Å². The smallest absolute Gasteiger partial charge is 0.410 e. The van der Waals surface area contributed by atoms with Gasteiger partial charge in [-0.2, -0.15) is 5.10 Å². The highest BCUT2D eigenvalue weighted by Gasteiger charge is 2.55. The van der Waals surface area contributed by atoms with Gasteiger partial charge in [0.05, 0.1) is 18.3 Å². The third kappa shape index (κ3) is 6.83. The van der Waals surface area contributed by atoms with Crippen molar-refractivity contribution in [2.75, 3.05) is 26.7 Å². The van der Waals surface area contributed by atoms with Crippen LogP contribution in [0.5, 0.6) is 11.5 Å². The Labute approximate surface area is 269 Å². The van der Waals surface area contributed by atoms with Crippen LogP contribution in [0.15, 0.2) is 48.5 Å². The molecule has 3 amide bonds. The number of ether oxygens (including phenoxy) is 3. The van der Waals surface area contributed by atoms with Gasteiger partial charge in [0.2, 0.25) is 0 Å². The number of nitrogens with one attached hydrogen (secondary N) is 1. The van der Waals surface area contributed by atoms with Crippen molar-refractivity contribution in [3.63, 3.8) is 0 Å². The van der Waals surface area contributed by atoms with Crippen molar-refractivity contribution in [1.82, 2.24) is 24.9 Å². The molecule has 11 nitrogen and oxygen atoms in total. The number of aromatic nitrogens is 2. The maximum Gasteiger partial charge on any atom is 0.410 e. The minimum Gasteiger partial charge on any atom is -0.493 e. The molecular weight excluding hydrogens is 586 g/mol. The number of carbonyl (C=O) groups excluding carboxylic acids is 3. The summed E-state index contributed by atoms with van der Waals surface area (Å²) in [6.45, 7) is 7.57. The van der Waals surface area contributed by atoms with E-state index in [1.54, 1.807) is 18.8 Å². The zero-order chi connectivity index (χ0) is 32.6. The number of hydrogen-bond donors (Lipinski definition) is 1. The molecule has 1 aliphatic heterocycles. The summed E-state index contributed by atoms with van der Waals surface area (Å²) in [6.07, 6.45) is 3.69. The molecule has 0 bridgehead atoms. The van der Waals surface area contributed by atoms with Crippen molar-refractivity contribution in [2.45, 2.75) is 76.7 Å². The zero-order valence-corrected chi connectivity index (χ0v) is 27.3. The Bertz CT molecular complexity index is 1620. The third-order valence-corrected chi connectivity index (χ3v) is 8.81. The highest BCUT2D eigenvalue weighted by atomic mass is 16.6. The number of rotatable bonds is 9. The lowest BCUT2D eigenvalue weighted by Gasteiger charge is -2.42. The molecule has 11 heteroatoms. The summed E-state index contributed by atoms with van der Waals surface area (Å²) in [5, 5.41) is 7.46. The van der Waals surface area contributed by atoms with Gasteiger partial charge in [0.1, 0.15) is 17.9 Å². The second-order valence-corrected chi connectivity index (χ2v) is 13.6. The fourth-order valence-electron chi connectivity index (χ4n) is 6.00. The number of nitrogens with zero attached hydrogens (tertiary/aromatic N) is 4. The van der Waals surface area contributed by atoms with Gasteiger partial charge in [-0.3, -0.25) is 19.2 Å². The van der Waals surface area contributed by atoms with Crippen LogP contribution in [-0.2, 0) is 24.9 Å². The van der Waals surface area contributed by atoms with Crippen LogP contribution in [0.4, 0.5) is 4.79 Å². The molecule has 6 rings (SSSR count). The lowest BCUT2D eigenvalue weighted by molar-refractivity contribution is -0.00573. The van der Waals surface area contributed by atoms with Crippen molar-refractivity contribution in [2.24, 2.45) is 7.05 Å². The Morgan fingerprint density at radius 2 is 1.78 bits per heavy atom. The molecule has 1 aromatic heterocycles. The van der Waals surface area contributed by atoms with Gasteiger partial charge >= 0.3 is 6.09 Å². The van der Waals surface area contributed by atoms with Crippen LogP contribution < -0.4 is 14.8 Å². The van der Waals surface area contributed by atoms with Gasteiger partial charge in [0.25, 0.3) is 11.8 Å². The van der Waals surface area contributed by atoms with E-state index in [-0.39, 0.29) is 36.6 Å². The Balaban J connectivity index is 1.04. The van der Waals surface area contributed by atoms with Crippen LogP contribution in [0.1, 0.15) is 90.0 Å². The molecule has 1 saturated heterocycles. The number of aryl methyl sites for hydroxylation is 1. The van der Waals surface area contributed by atoms with Gasteiger partial charge in [-0.15, -0.1) is 0 Å². The first-order valence-corrected chi connectivity index (χ1v) is 16.0. The number of hydrogen-bond acceptors (Lipinski definition) is 7. The summed E-state index contributed by atoms with van der Waals surface area (Å²) in [4.78, 5) is 42.7. The molecule has 1 N–H and O–H groups in total. The highest BCUT2D eigenvalue weighted by Crippen LogP contribution is 2.45. The minimum atomic E-state index is -0.558. The molecule has 3 fully saturated rings. The van der Waals surface area contributed by atoms with Crippen LogP contribution in [0.3, 0.4) is 0 Å². The number of methoxy groups -OCH3 is 1. The maximum absolute atomic E-state index is 13.4. The van der Waals surface area contributed by atoms with E-state index in [9.17, 15) is 14.4 Å². The molecule has 0 atom stereocenters. The van der Waals surface area contributed by atoms with Crippen LogP contribution >= 0.6 is 0 Å². The van der Waals surface area contributed by atoms with E-state index in [0.29, 0.717) is 48.3 Å². The molecular formula is C35H43N5O6. The van der Waals surface area contributed by atoms with Crippen LogP contribution in [-0.4, -0.2) is 75.4 Å². The van der Waals surface area contributed by atoms with E-state index >= 15 is 0 Å². The van der Waals surface area contributed by atoms with Crippen molar-refractivity contribution in [1.29, 1.82) is 0 Å². The van der Waals surface area contributed by atoms with E-state index < -0.39 is 5.60 Å². The molecule has 2 saturated carbocycles. The Kier molecular flexibility index (Phi) is 8.43. The lowest BCUT2D eigenvalue weighted by atomic mass is 10.1. The van der Waals surface area contributed by atoms with Gasteiger partial charge in [-0.25, -0.2) is 4.79 Å². The van der Waals surface area contributed by atoms with E-state index in [4.69, 9.17) is 14.2 Å². The molecule has 3 aliphatic rings. The number of para-hydroxylation sites is 1. The zero-order valence-electron chi connectivity index (χ0n) is 27.3. The summed E-state index contributed by atoms with van der Waals surface area (Å²) in [6, 6.07) is 14.9. The average Bonchev–Trinajstić information content (AvgIpc) is 3.97. The van der Waals surface area contributed by atoms with Gasteiger partial charge in [0.15, 0.2) is 11.5 Å². The first-order chi connectivity index (χ1) is 22.0. The topological polar surface area (TPSA) is 115 Å². The first-order valence-electron chi connectivity index (χ1n) is 16.0.